The molecule has 2 saturated heterocycles. The maximum atomic E-state index is 13.1. The first kappa shape index (κ1) is 17.8. The lowest BCUT2D eigenvalue weighted by Gasteiger charge is -2.28. The van der Waals surface area contributed by atoms with Crippen molar-refractivity contribution in [3.8, 4) is 0 Å². The molecule has 8 heteroatoms. The molecule has 27 heavy (non-hydrogen) atoms. The highest BCUT2D eigenvalue weighted by Crippen LogP contribution is 2.31. The Morgan fingerprint density at radius 2 is 2.00 bits per heavy atom. The van der Waals surface area contributed by atoms with Crippen molar-refractivity contribution < 1.29 is 19.2 Å². The van der Waals surface area contributed by atoms with E-state index in [2.05, 4.69) is 10.2 Å². The van der Waals surface area contributed by atoms with E-state index in [0.717, 1.165) is 30.0 Å². The molecule has 0 radical (unpaired) electrons. The minimum atomic E-state index is -0.943. The van der Waals surface area contributed by atoms with E-state index in [9.17, 15) is 19.2 Å². The van der Waals surface area contributed by atoms with Gasteiger partial charge in [0.05, 0.1) is 11.1 Å². The van der Waals surface area contributed by atoms with Crippen molar-refractivity contribution in [2.24, 2.45) is 5.73 Å². The third kappa shape index (κ3) is 3.04. The van der Waals surface area contributed by atoms with Crippen LogP contribution in [0.15, 0.2) is 18.2 Å². The summed E-state index contributed by atoms with van der Waals surface area (Å²) >= 11 is 0. The Kier molecular flexibility index (Phi) is 4.12. The second kappa shape index (κ2) is 6.24. The highest BCUT2D eigenvalue weighted by Gasteiger charge is 2.45. The third-order valence-electron chi connectivity index (χ3n) is 5.53. The van der Waals surface area contributed by atoms with Crippen molar-refractivity contribution in [1.29, 1.82) is 0 Å². The van der Waals surface area contributed by atoms with E-state index < -0.39 is 23.8 Å². The molecule has 2 fully saturated rings. The molecule has 3 aliphatic heterocycles. The molecule has 1 aromatic carbocycles. The number of carbonyl (C=O) groups excluding carboxylic acids is 4. The largest absolute Gasteiger partial charge is 0.324 e. The quantitative estimate of drug-likeness (QED) is 0.725. The van der Waals surface area contributed by atoms with E-state index in [0.29, 0.717) is 17.7 Å². The maximum absolute atomic E-state index is 13.1. The minimum Gasteiger partial charge on any atom is -0.324 e. The van der Waals surface area contributed by atoms with E-state index in [1.807, 2.05) is 13.0 Å². The Morgan fingerprint density at radius 3 is 2.67 bits per heavy atom. The standard InChI is InChI=1S/C19H22N4O4/c1-19(20)7-8-22(10-19)9-11-3-2-4-12-15(11)18(27)23(17(12)26)13-5-6-14(24)21-16(13)25/h2-4,13H,5-10,20H2,1H3,(H,21,24,25)/t13?,19-/m0/s1. The summed E-state index contributed by atoms with van der Waals surface area (Å²) in [5.41, 5.74) is 7.37. The van der Waals surface area contributed by atoms with Gasteiger partial charge in [0.25, 0.3) is 11.8 Å². The van der Waals surface area contributed by atoms with Gasteiger partial charge in [-0.3, -0.25) is 34.3 Å². The number of carbonyl (C=O) groups is 4. The molecule has 3 heterocycles. The molecule has 4 amide bonds. The summed E-state index contributed by atoms with van der Waals surface area (Å²) in [5, 5.41) is 2.21. The number of hydrogen-bond donors (Lipinski definition) is 2. The smallest absolute Gasteiger partial charge is 0.262 e. The van der Waals surface area contributed by atoms with Crippen LogP contribution in [0.1, 0.15) is 52.5 Å². The van der Waals surface area contributed by atoms with Crippen molar-refractivity contribution in [1.82, 2.24) is 15.1 Å². The van der Waals surface area contributed by atoms with Crippen molar-refractivity contribution in [3.05, 3.63) is 34.9 Å². The average Bonchev–Trinajstić information content (AvgIpc) is 3.06. The van der Waals surface area contributed by atoms with E-state index in [1.165, 1.54) is 0 Å². The monoisotopic (exact) mass is 370 g/mol. The first-order chi connectivity index (χ1) is 12.8. The van der Waals surface area contributed by atoms with Crippen LogP contribution in [0.25, 0.3) is 0 Å². The second-order valence-corrected chi connectivity index (χ2v) is 7.90. The highest BCUT2D eigenvalue weighted by molar-refractivity contribution is 6.24. The van der Waals surface area contributed by atoms with Gasteiger partial charge in [-0.05, 0) is 31.4 Å². The molecule has 1 unspecified atom stereocenters. The van der Waals surface area contributed by atoms with Gasteiger partial charge in [-0.2, -0.15) is 0 Å². The molecule has 0 aliphatic carbocycles. The number of piperidine rings is 1. The van der Waals surface area contributed by atoms with Crippen LogP contribution in [0.4, 0.5) is 0 Å². The summed E-state index contributed by atoms with van der Waals surface area (Å²) in [6.45, 7) is 4.07. The number of nitrogens with zero attached hydrogens (tertiary/aromatic N) is 2. The molecular weight excluding hydrogens is 348 g/mol. The summed E-state index contributed by atoms with van der Waals surface area (Å²) < 4.78 is 0. The molecule has 1 aromatic rings. The summed E-state index contributed by atoms with van der Waals surface area (Å²) in [7, 11) is 0. The van der Waals surface area contributed by atoms with Crippen LogP contribution in [-0.4, -0.2) is 58.1 Å². The van der Waals surface area contributed by atoms with Crippen molar-refractivity contribution in [3.63, 3.8) is 0 Å². The fraction of sp³-hybridized carbons (Fsp3) is 0.474. The first-order valence-corrected chi connectivity index (χ1v) is 9.11. The van der Waals surface area contributed by atoms with E-state index in [1.54, 1.807) is 12.1 Å². The van der Waals surface area contributed by atoms with Gasteiger partial charge in [-0.1, -0.05) is 12.1 Å². The molecule has 0 spiro atoms. The minimum absolute atomic E-state index is 0.111. The Morgan fingerprint density at radius 1 is 1.22 bits per heavy atom. The summed E-state index contributed by atoms with van der Waals surface area (Å²) in [6, 6.07) is 4.26. The van der Waals surface area contributed by atoms with E-state index in [-0.39, 0.29) is 24.3 Å². The summed E-state index contributed by atoms with van der Waals surface area (Å²) in [6.07, 6.45) is 1.14. The van der Waals surface area contributed by atoms with Crippen molar-refractivity contribution in [2.75, 3.05) is 13.1 Å². The topological polar surface area (TPSA) is 113 Å². The van der Waals surface area contributed by atoms with Crippen LogP contribution in [0.2, 0.25) is 0 Å². The zero-order valence-electron chi connectivity index (χ0n) is 15.2. The molecule has 8 nitrogen and oxygen atoms in total. The van der Waals surface area contributed by atoms with Crippen molar-refractivity contribution >= 4 is 23.6 Å². The molecule has 3 N–H and O–H groups in total. The summed E-state index contributed by atoms with van der Waals surface area (Å²) in [4.78, 5) is 52.6. The normalized spacial score (nSPS) is 28.7. The average molecular weight is 370 g/mol. The van der Waals surface area contributed by atoms with E-state index in [4.69, 9.17) is 5.73 Å². The zero-order chi connectivity index (χ0) is 19.3. The van der Waals surface area contributed by atoms with Gasteiger partial charge < -0.3 is 5.73 Å². The third-order valence-corrected chi connectivity index (χ3v) is 5.53. The number of benzene rings is 1. The lowest BCUT2D eigenvalue weighted by Crippen LogP contribution is -2.54. The summed E-state index contributed by atoms with van der Waals surface area (Å²) in [5.74, 6) is -1.92. The SMILES string of the molecule is C[C@]1(N)CCN(Cc2cccc3c2C(=O)N(C2CCC(=O)NC2=O)C3=O)C1. The van der Waals surface area contributed by atoms with Crippen LogP contribution in [-0.2, 0) is 16.1 Å². The Labute approximate surface area is 156 Å². The van der Waals surface area contributed by atoms with Gasteiger partial charge in [0, 0.05) is 31.6 Å². The lowest BCUT2D eigenvalue weighted by molar-refractivity contribution is -0.136. The Balaban J connectivity index is 1.62. The van der Waals surface area contributed by atoms with Crippen LogP contribution in [0, 0.1) is 0 Å². The molecule has 2 atom stereocenters. The van der Waals surface area contributed by atoms with Gasteiger partial charge in [-0.25, -0.2) is 0 Å². The number of nitrogens with two attached hydrogens (primary N) is 1. The number of likely N-dealkylation sites (tertiary alicyclic amines) is 1. The molecule has 142 valence electrons. The number of amides is 4. The fourth-order valence-corrected chi connectivity index (χ4v) is 4.17. The number of fused-ring (bicyclic) bond motifs is 1. The molecule has 3 aliphatic rings. The van der Waals surface area contributed by atoms with Gasteiger partial charge in [-0.15, -0.1) is 0 Å². The Hall–Kier alpha value is -2.58. The molecule has 4 rings (SSSR count). The maximum Gasteiger partial charge on any atom is 0.262 e. The number of rotatable bonds is 3. The van der Waals surface area contributed by atoms with Crippen molar-refractivity contribution in [2.45, 2.75) is 44.3 Å². The van der Waals surface area contributed by atoms with Crippen LogP contribution >= 0.6 is 0 Å². The van der Waals surface area contributed by atoms with Crippen LogP contribution < -0.4 is 11.1 Å². The molecule has 0 aromatic heterocycles. The van der Waals surface area contributed by atoms with Crippen LogP contribution in [0.3, 0.4) is 0 Å². The molecule has 0 saturated carbocycles. The number of imide groups is 2. The predicted molar refractivity (Wildman–Crippen MR) is 95.6 cm³/mol. The fourth-order valence-electron chi connectivity index (χ4n) is 4.17. The highest BCUT2D eigenvalue weighted by atomic mass is 16.2. The van der Waals surface area contributed by atoms with Gasteiger partial charge >= 0.3 is 0 Å². The lowest BCUT2D eigenvalue weighted by atomic mass is 10.0. The Bertz CT molecular complexity index is 863. The number of nitrogens with one attached hydrogen (secondary N) is 1. The predicted octanol–water partition coefficient (Wildman–Crippen LogP) is 0.0109. The van der Waals surface area contributed by atoms with E-state index >= 15 is 0 Å². The van der Waals surface area contributed by atoms with Crippen LogP contribution in [0.5, 0.6) is 0 Å². The van der Waals surface area contributed by atoms with Gasteiger partial charge in [0.2, 0.25) is 11.8 Å². The molecule has 0 bridgehead atoms. The first-order valence-electron chi connectivity index (χ1n) is 9.11. The zero-order valence-corrected chi connectivity index (χ0v) is 15.2. The van der Waals surface area contributed by atoms with Gasteiger partial charge in [0.1, 0.15) is 6.04 Å². The van der Waals surface area contributed by atoms with Gasteiger partial charge in [0.15, 0.2) is 0 Å². The number of hydrogen-bond acceptors (Lipinski definition) is 6. The molecular formula is C19H22N4O4. The second-order valence-electron chi connectivity index (χ2n) is 7.90.